The Morgan fingerprint density at radius 3 is 2.38 bits per heavy atom. The molecule has 8 heteroatoms. The average molecular weight is 471 g/mol. The van der Waals surface area contributed by atoms with E-state index in [9.17, 15) is 24.6 Å². The molecule has 2 aromatic carbocycles. The second-order valence-corrected chi connectivity index (χ2v) is 7.01. The molecule has 3 N–H and O–H groups in total. The zero-order valence-electron chi connectivity index (χ0n) is 15.7. The predicted octanol–water partition coefficient (Wildman–Crippen LogP) is 1.55. The van der Waals surface area contributed by atoms with Crippen LogP contribution in [0, 0.1) is 5.92 Å². The number of ketones is 3. The molecule has 4 rings (SSSR count). The Bertz CT molecular complexity index is 1060. The quantitative estimate of drug-likeness (QED) is 0.496. The summed E-state index contributed by atoms with van der Waals surface area (Å²) in [5.74, 6) is -2.56. The van der Waals surface area contributed by atoms with Gasteiger partial charge in [0.15, 0.2) is 11.6 Å². The van der Waals surface area contributed by atoms with Gasteiger partial charge in [-0.05, 0) is 25.3 Å². The number of hydrogen-bond acceptors (Lipinski definition) is 7. The third-order valence-corrected chi connectivity index (χ3v) is 5.64. The first-order valence-electron chi connectivity index (χ1n) is 8.90. The number of aliphatic hydroxyl groups excluding tert-OH is 1. The van der Waals surface area contributed by atoms with Crippen LogP contribution in [0.25, 0.3) is 0 Å². The van der Waals surface area contributed by atoms with E-state index in [0.717, 1.165) is 0 Å². The van der Waals surface area contributed by atoms with Crippen LogP contribution in [0.4, 0.5) is 0 Å². The summed E-state index contributed by atoms with van der Waals surface area (Å²) in [5.41, 5.74) is 0.301. The maximum atomic E-state index is 13.1. The summed E-state index contributed by atoms with van der Waals surface area (Å²) < 4.78 is 5.20. The molecule has 2 aromatic rings. The molecule has 0 aromatic heterocycles. The minimum atomic E-state index is -0.609. The smallest absolute Gasteiger partial charge is 0.202 e. The molecule has 0 spiro atoms. The largest absolute Gasteiger partial charge is 0.507 e. The molecule has 2 aliphatic carbocycles. The van der Waals surface area contributed by atoms with Gasteiger partial charge in [0, 0.05) is 55.3 Å². The molecule has 1 atom stereocenters. The van der Waals surface area contributed by atoms with Crippen molar-refractivity contribution < 1.29 is 67.1 Å². The van der Waals surface area contributed by atoms with Gasteiger partial charge in [0.1, 0.15) is 23.9 Å². The molecule has 147 valence electrons. The summed E-state index contributed by atoms with van der Waals surface area (Å²) in [6.07, 6.45) is 0.715. The fraction of sp³-hybridized carbons (Fsp3) is 0.286. The second kappa shape index (κ2) is 7.97. The first-order valence-corrected chi connectivity index (χ1v) is 8.90. The first-order chi connectivity index (χ1) is 13.4. The van der Waals surface area contributed by atoms with Gasteiger partial charge in [0.05, 0.1) is 23.8 Å². The Labute approximate surface area is 191 Å². The van der Waals surface area contributed by atoms with E-state index in [1.54, 1.807) is 12.1 Å². The third kappa shape index (κ3) is 3.12. The first kappa shape index (κ1) is 21.6. The fourth-order valence-electron chi connectivity index (χ4n) is 4.21. The number of rotatable bonds is 3. The van der Waals surface area contributed by atoms with Gasteiger partial charge in [-0.2, -0.15) is 0 Å². The molecule has 1 radical (unpaired) electrons. The minimum Gasteiger partial charge on any atom is -0.507 e. The number of fused-ring (bicyclic) bond motifs is 3. The van der Waals surface area contributed by atoms with E-state index in [2.05, 4.69) is 0 Å². The van der Waals surface area contributed by atoms with Crippen LogP contribution >= 0.6 is 0 Å². The van der Waals surface area contributed by atoms with Crippen LogP contribution in [0.1, 0.15) is 49.4 Å². The van der Waals surface area contributed by atoms with Gasteiger partial charge in [-0.1, -0.05) is 12.1 Å². The van der Waals surface area contributed by atoms with Crippen molar-refractivity contribution in [2.75, 3.05) is 13.7 Å². The van der Waals surface area contributed by atoms with Crippen molar-refractivity contribution in [3.8, 4) is 17.2 Å². The van der Waals surface area contributed by atoms with Gasteiger partial charge >= 0.3 is 0 Å². The number of phenolic OH excluding ortho intramolecular Hbond substituents is 2. The van der Waals surface area contributed by atoms with Crippen LogP contribution in [0.3, 0.4) is 0 Å². The van der Waals surface area contributed by atoms with Gasteiger partial charge < -0.3 is 20.1 Å². The predicted molar refractivity (Wildman–Crippen MR) is 97.2 cm³/mol. The second-order valence-electron chi connectivity index (χ2n) is 7.01. The zero-order valence-corrected chi connectivity index (χ0v) is 18.5. The number of ether oxygens (including phenoxy) is 1. The maximum Gasteiger partial charge on any atom is 0.202 e. The topological polar surface area (TPSA) is 121 Å². The van der Waals surface area contributed by atoms with E-state index in [1.807, 2.05) is 0 Å². The van der Waals surface area contributed by atoms with Crippen molar-refractivity contribution in [3.63, 3.8) is 0 Å². The molecule has 7 nitrogen and oxygen atoms in total. The maximum absolute atomic E-state index is 13.1. The number of aliphatic hydroxyl groups is 1. The molecular weight excluding hydrogens is 453 g/mol. The van der Waals surface area contributed by atoms with Crippen LogP contribution < -0.4 is 4.74 Å². The van der Waals surface area contributed by atoms with Crippen LogP contribution in [0.2, 0.25) is 0 Å². The van der Waals surface area contributed by atoms with Crippen molar-refractivity contribution in [3.05, 3.63) is 51.6 Å². The molecule has 0 saturated heterocycles. The average Bonchev–Trinajstić information content (AvgIpc) is 2.72. The summed E-state index contributed by atoms with van der Waals surface area (Å²) in [6, 6.07) is 4.59. The Kier molecular flexibility index (Phi) is 5.94. The van der Waals surface area contributed by atoms with E-state index in [-0.39, 0.29) is 96.4 Å². The Hall–Kier alpha value is -2.09. The van der Waals surface area contributed by atoms with Gasteiger partial charge in [0.2, 0.25) is 5.78 Å². The standard InChI is InChI=1S/C21H18O7.Y/c1-28-14-4-2-3-11-15(14)21(27)17-16(19(11)25)20(26)12-7-9(13(23)8-22)5-6-10(12)18(17)24;/h2-4,9,22,24,26H,5-8H2,1H3;. The molecule has 1 unspecified atom stereocenters. The van der Waals surface area contributed by atoms with Gasteiger partial charge in [-0.25, -0.2) is 0 Å². The molecule has 0 heterocycles. The van der Waals surface area contributed by atoms with E-state index in [0.29, 0.717) is 12.0 Å². The molecule has 0 fully saturated rings. The van der Waals surface area contributed by atoms with Crippen LogP contribution in [-0.4, -0.2) is 46.4 Å². The van der Waals surface area contributed by atoms with Gasteiger partial charge in [-0.3, -0.25) is 14.4 Å². The number of carbonyl (C=O) groups is 3. The molecular formula is C21H18O7Y. The Morgan fingerprint density at radius 2 is 1.72 bits per heavy atom. The number of methoxy groups -OCH3 is 1. The number of phenols is 2. The molecule has 2 aliphatic rings. The Balaban J connectivity index is 0.00000240. The van der Waals surface area contributed by atoms with Crippen molar-refractivity contribution in [2.45, 2.75) is 19.3 Å². The molecule has 0 bridgehead atoms. The molecule has 29 heavy (non-hydrogen) atoms. The summed E-state index contributed by atoms with van der Waals surface area (Å²) >= 11 is 0. The number of Topliss-reactive ketones (excluding diaryl/α,β-unsaturated/α-hetero) is 1. The summed E-state index contributed by atoms with van der Waals surface area (Å²) in [7, 11) is 1.38. The van der Waals surface area contributed by atoms with E-state index in [1.165, 1.54) is 13.2 Å². The van der Waals surface area contributed by atoms with Gasteiger partial charge in [-0.15, -0.1) is 0 Å². The van der Waals surface area contributed by atoms with Crippen molar-refractivity contribution >= 4 is 17.3 Å². The number of aromatic hydroxyl groups is 2. The van der Waals surface area contributed by atoms with Crippen molar-refractivity contribution in [1.29, 1.82) is 0 Å². The monoisotopic (exact) mass is 471 g/mol. The number of hydrogen-bond donors (Lipinski definition) is 3. The van der Waals surface area contributed by atoms with Crippen LogP contribution in [0.15, 0.2) is 18.2 Å². The Morgan fingerprint density at radius 1 is 1.07 bits per heavy atom. The molecule has 0 saturated carbocycles. The third-order valence-electron chi connectivity index (χ3n) is 5.64. The summed E-state index contributed by atoms with van der Waals surface area (Å²) in [6.45, 7) is -0.609. The normalized spacial score (nSPS) is 17.0. The van der Waals surface area contributed by atoms with Crippen LogP contribution in [0.5, 0.6) is 17.2 Å². The summed E-state index contributed by atoms with van der Waals surface area (Å²) in [4.78, 5) is 38.1. The molecule has 0 aliphatic heterocycles. The van der Waals surface area contributed by atoms with Gasteiger partial charge in [0.25, 0.3) is 0 Å². The minimum absolute atomic E-state index is 0. The van der Waals surface area contributed by atoms with E-state index in [4.69, 9.17) is 9.84 Å². The number of benzene rings is 2. The zero-order chi connectivity index (χ0) is 20.2. The molecule has 0 amide bonds. The fourth-order valence-corrected chi connectivity index (χ4v) is 4.21. The van der Waals surface area contributed by atoms with Crippen LogP contribution in [-0.2, 0) is 50.3 Å². The number of carbonyl (C=O) groups excluding carboxylic acids is 3. The van der Waals surface area contributed by atoms with E-state index < -0.39 is 24.1 Å². The van der Waals surface area contributed by atoms with Crippen molar-refractivity contribution in [2.24, 2.45) is 5.92 Å². The van der Waals surface area contributed by atoms with Crippen molar-refractivity contribution in [1.82, 2.24) is 0 Å². The summed E-state index contributed by atoms with van der Waals surface area (Å²) in [5, 5.41) is 30.7. The SMILES string of the molecule is COc1cccc2c1C(=O)c1c(O)c3c(c(O)c1C2=O)CC(C(=O)CO)CC3.[Y]. The van der Waals surface area contributed by atoms with E-state index >= 15 is 0 Å².